The summed E-state index contributed by atoms with van der Waals surface area (Å²) >= 11 is 0. The van der Waals surface area contributed by atoms with Gasteiger partial charge in [-0.25, -0.2) is 0 Å². The lowest BCUT2D eigenvalue weighted by Gasteiger charge is -2.23. The zero-order chi connectivity index (χ0) is 20.8. The van der Waals surface area contributed by atoms with Gasteiger partial charge in [-0.2, -0.15) is 21.6 Å². The minimum Gasteiger partial charge on any atom is -1.00 e. The molecule has 1 aliphatic rings. The van der Waals surface area contributed by atoms with Gasteiger partial charge in [0.05, 0.1) is 19.6 Å². The van der Waals surface area contributed by atoms with Gasteiger partial charge >= 0.3 is 15.6 Å². The second-order valence-corrected chi connectivity index (χ2v) is 8.80. The number of piperidine rings is 1. The van der Waals surface area contributed by atoms with Crippen LogP contribution < -0.4 is 21.5 Å². The van der Waals surface area contributed by atoms with E-state index in [2.05, 4.69) is 4.18 Å². The van der Waals surface area contributed by atoms with Gasteiger partial charge in [0.1, 0.15) is 11.5 Å². The Labute approximate surface area is 176 Å². The highest BCUT2D eigenvalue weighted by atomic mass is 35.5. The molecular weight excluding hydrogens is 431 g/mol. The summed E-state index contributed by atoms with van der Waals surface area (Å²) in [6, 6.07) is 5.09. The smallest absolute Gasteiger partial charge is 0.534 e. The third kappa shape index (κ3) is 7.79. The molecule has 0 aliphatic carbocycles. The fourth-order valence-corrected chi connectivity index (χ4v) is 3.82. The quantitative estimate of drug-likeness (QED) is 0.318. The van der Waals surface area contributed by atoms with Gasteiger partial charge in [0.25, 0.3) is 0 Å². The average molecular weight is 458 g/mol. The molecule has 0 radical (unpaired) electrons. The summed E-state index contributed by atoms with van der Waals surface area (Å²) < 4.78 is 63.1. The fourth-order valence-electron chi connectivity index (χ4n) is 3.36. The van der Waals surface area contributed by atoms with Gasteiger partial charge in [-0.3, -0.25) is 4.79 Å². The number of halogens is 4. The highest BCUT2D eigenvalue weighted by Crippen LogP contribution is 2.28. The van der Waals surface area contributed by atoms with Gasteiger partial charge in [0, 0.05) is 12.3 Å². The van der Waals surface area contributed by atoms with Crippen molar-refractivity contribution in [2.75, 3.05) is 19.6 Å². The topological polar surface area (TPSA) is 64.9 Å². The van der Waals surface area contributed by atoms with Crippen LogP contribution in [0, 0.1) is 0 Å². The summed E-state index contributed by atoms with van der Waals surface area (Å²) in [6.07, 6.45) is 6.12. The third-order valence-electron chi connectivity index (χ3n) is 5.12. The number of Topliss-reactive ketones (excluding diaryl/α,β-unsaturated/α-hetero) is 1. The van der Waals surface area contributed by atoms with Gasteiger partial charge in [0.2, 0.25) is 0 Å². The molecule has 1 atom stereocenters. The zero-order valence-corrected chi connectivity index (χ0v) is 17.9. The zero-order valence-electron chi connectivity index (χ0n) is 16.3. The largest absolute Gasteiger partial charge is 1.00 e. The van der Waals surface area contributed by atoms with E-state index in [0.29, 0.717) is 12.0 Å². The Hall–Kier alpha value is -1.32. The van der Waals surface area contributed by atoms with Crippen LogP contribution in [0.5, 0.6) is 5.75 Å². The van der Waals surface area contributed by atoms with Gasteiger partial charge in [0.15, 0.2) is 0 Å². The maximum Gasteiger partial charge on any atom is 0.534 e. The van der Waals surface area contributed by atoms with Crippen molar-refractivity contribution in [3.8, 4) is 5.75 Å². The SMILES string of the molecule is C[C@@H](C(=O)CCCC[NH+]1CCCCC1)c1ccc(OS(=O)(=O)C(F)(F)F)cc1.[Cl-]. The first-order valence-electron chi connectivity index (χ1n) is 9.57. The van der Waals surface area contributed by atoms with Gasteiger partial charge < -0.3 is 21.5 Å². The number of quaternary nitrogens is 1. The molecule has 0 amide bonds. The first kappa shape index (κ1) is 25.7. The summed E-state index contributed by atoms with van der Waals surface area (Å²) in [5, 5.41) is 0. The molecule has 29 heavy (non-hydrogen) atoms. The normalized spacial score (nSPS) is 16.7. The Balaban J connectivity index is 0.00000420. The lowest BCUT2D eigenvalue weighted by Crippen LogP contribution is -3.12. The number of likely N-dealkylation sites (tertiary alicyclic amines) is 1. The maximum atomic E-state index is 12.4. The summed E-state index contributed by atoms with van der Waals surface area (Å²) in [4.78, 5) is 14.0. The molecule has 1 fully saturated rings. The Kier molecular flexibility index (Phi) is 9.91. The molecule has 0 unspecified atom stereocenters. The van der Waals surface area contributed by atoms with Crippen LogP contribution in [-0.4, -0.2) is 39.3 Å². The van der Waals surface area contributed by atoms with Crippen LogP contribution in [0.2, 0.25) is 0 Å². The van der Waals surface area contributed by atoms with E-state index in [1.54, 1.807) is 11.8 Å². The fraction of sp³-hybridized carbons (Fsp3) is 0.632. The van der Waals surface area contributed by atoms with Crippen molar-refractivity contribution in [2.45, 2.75) is 56.9 Å². The molecule has 0 bridgehead atoms. The Morgan fingerprint density at radius 3 is 2.24 bits per heavy atom. The lowest BCUT2D eigenvalue weighted by molar-refractivity contribution is -0.905. The molecule has 10 heteroatoms. The van der Waals surface area contributed by atoms with E-state index >= 15 is 0 Å². The van der Waals surface area contributed by atoms with Gasteiger partial charge in [-0.1, -0.05) is 19.1 Å². The molecule has 1 N–H and O–H groups in total. The predicted molar refractivity (Wildman–Crippen MR) is 98.7 cm³/mol. The number of carbonyl (C=O) groups excluding carboxylic acids is 1. The number of rotatable bonds is 9. The Morgan fingerprint density at radius 1 is 1.10 bits per heavy atom. The van der Waals surface area contributed by atoms with Crippen LogP contribution in [0.15, 0.2) is 24.3 Å². The van der Waals surface area contributed by atoms with Crippen molar-refractivity contribution in [1.29, 1.82) is 0 Å². The molecule has 0 spiro atoms. The van der Waals surface area contributed by atoms with Crippen molar-refractivity contribution in [3.63, 3.8) is 0 Å². The number of ketones is 1. The van der Waals surface area contributed by atoms with E-state index in [-0.39, 0.29) is 18.2 Å². The highest BCUT2D eigenvalue weighted by Gasteiger charge is 2.48. The first-order chi connectivity index (χ1) is 13.1. The van der Waals surface area contributed by atoms with Crippen LogP contribution in [0.1, 0.15) is 56.9 Å². The van der Waals surface area contributed by atoms with E-state index in [9.17, 15) is 26.4 Å². The number of unbranched alkanes of at least 4 members (excludes halogenated alkanes) is 1. The molecule has 1 aromatic rings. The predicted octanol–water partition coefficient (Wildman–Crippen LogP) is -0.169. The average Bonchev–Trinajstić information content (AvgIpc) is 2.65. The van der Waals surface area contributed by atoms with Crippen molar-refractivity contribution < 1.29 is 47.9 Å². The molecular formula is C19H27ClF3NO4S. The minimum atomic E-state index is -5.69. The second-order valence-electron chi connectivity index (χ2n) is 7.26. The van der Waals surface area contributed by atoms with Crippen LogP contribution in [0.4, 0.5) is 13.2 Å². The van der Waals surface area contributed by atoms with Crippen molar-refractivity contribution in [3.05, 3.63) is 29.8 Å². The van der Waals surface area contributed by atoms with Crippen molar-refractivity contribution >= 4 is 15.9 Å². The highest BCUT2D eigenvalue weighted by molar-refractivity contribution is 7.88. The van der Waals surface area contributed by atoms with E-state index < -0.39 is 27.3 Å². The molecule has 1 aliphatic heterocycles. The van der Waals surface area contributed by atoms with E-state index in [0.717, 1.165) is 31.5 Å². The Morgan fingerprint density at radius 2 is 1.69 bits per heavy atom. The van der Waals surface area contributed by atoms with E-state index in [4.69, 9.17) is 0 Å². The molecule has 1 heterocycles. The van der Waals surface area contributed by atoms with Crippen LogP contribution in [0.3, 0.4) is 0 Å². The Bertz CT molecular complexity index is 748. The first-order valence-corrected chi connectivity index (χ1v) is 11.0. The van der Waals surface area contributed by atoms with Crippen LogP contribution in [0.25, 0.3) is 0 Å². The summed E-state index contributed by atoms with van der Waals surface area (Å²) in [5.41, 5.74) is -4.87. The number of alkyl halides is 3. The third-order valence-corrected chi connectivity index (χ3v) is 6.10. The van der Waals surface area contributed by atoms with Crippen molar-refractivity contribution in [2.24, 2.45) is 0 Å². The lowest BCUT2D eigenvalue weighted by atomic mass is 9.93. The molecule has 1 saturated heterocycles. The molecule has 0 aromatic heterocycles. The standard InChI is InChI=1S/C19H26F3NO4S.ClH/c1-15(18(24)7-3-6-14-23-12-4-2-5-13-23)16-8-10-17(11-9-16)27-28(25,26)19(20,21)22;/h8-11,15H,2-7,12-14H2,1H3;1H/t15-;/m1./s1. The molecule has 5 nitrogen and oxygen atoms in total. The van der Waals surface area contributed by atoms with E-state index in [1.165, 1.54) is 44.5 Å². The monoisotopic (exact) mass is 457 g/mol. The molecule has 166 valence electrons. The summed E-state index contributed by atoms with van der Waals surface area (Å²) in [6.45, 7) is 5.24. The number of benzene rings is 1. The van der Waals surface area contributed by atoms with Gasteiger partial charge in [-0.15, -0.1) is 0 Å². The van der Waals surface area contributed by atoms with Crippen molar-refractivity contribution in [1.82, 2.24) is 0 Å². The molecule has 0 saturated carbocycles. The number of carbonyl (C=O) groups is 1. The van der Waals surface area contributed by atoms with Crippen LogP contribution in [-0.2, 0) is 14.9 Å². The minimum absolute atomic E-state index is 0. The molecule has 2 rings (SSSR count). The van der Waals surface area contributed by atoms with Crippen LogP contribution >= 0.6 is 0 Å². The molecule has 1 aromatic carbocycles. The summed E-state index contributed by atoms with van der Waals surface area (Å²) in [7, 11) is -5.69. The van der Waals surface area contributed by atoms with Gasteiger partial charge in [-0.05, 0) is 49.8 Å². The second kappa shape index (κ2) is 11.2. The van der Waals surface area contributed by atoms with E-state index in [1.807, 2.05) is 0 Å². The number of hydrogen-bond donors (Lipinski definition) is 1. The number of nitrogens with one attached hydrogen (secondary N) is 1. The summed E-state index contributed by atoms with van der Waals surface area (Å²) in [5.74, 6) is -0.786. The maximum absolute atomic E-state index is 12.4. The number of hydrogen-bond acceptors (Lipinski definition) is 4.